The van der Waals surface area contributed by atoms with Gasteiger partial charge in [0, 0.05) is 16.5 Å². The zero-order valence-electron chi connectivity index (χ0n) is 14.5. The molecule has 4 aromatic heterocycles. The summed E-state index contributed by atoms with van der Waals surface area (Å²) in [7, 11) is 0. The molecule has 0 bridgehead atoms. The van der Waals surface area contributed by atoms with Crippen molar-refractivity contribution in [1.82, 2.24) is 30.1 Å². The second-order valence-corrected chi connectivity index (χ2v) is 6.23. The van der Waals surface area contributed by atoms with Gasteiger partial charge in [-0.1, -0.05) is 18.2 Å². The van der Waals surface area contributed by atoms with Crippen molar-refractivity contribution in [3.63, 3.8) is 0 Å². The van der Waals surface area contributed by atoms with Crippen LogP contribution in [-0.4, -0.2) is 30.1 Å². The highest BCUT2D eigenvalue weighted by molar-refractivity contribution is 5.92. The molecule has 0 aliphatic carbocycles. The van der Waals surface area contributed by atoms with E-state index in [0.717, 1.165) is 39.0 Å². The SMILES string of the molecule is Cc1cccc(-c2nc(Nc3cnc4[nH]ncc4c3)c3ccccc3n2)n1. The van der Waals surface area contributed by atoms with Gasteiger partial charge >= 0.3 is 0 Å². The smallest absolute Gasteiger partial charge is 0.180 e. The molecule has 130 valence electrons. The Kier molecular flexibility index (Phi) is 3.50. The molecule has 27 heavy (non-hydrogen) atoms. The zero-order valence-corrected chi connectivity index (χ0v) is 14.5. The molecule has 1 aromatic carbocycles. The molecule has 0 aliphatic heterocycles. The fourth-order valence-electron chi connectivity index (χ4n) is 3.00. The van der Waals surface area contributed by atoms with Gasteiger partial charge in [0.25, 0.3) is 0 Å². The molecule has 0 saturated heterocycles. The van der Waals surface area contributed by atoms with E-state index in [2.05, 4.69) is 30.5 Å². The van der Waals surface area contributed by atoms with Gasteiger partial charge < -0.3 is 5.32 Å². The van der Waals surface area contributed by atoms with Crippen molar-refractivity contribution >= 4 is 33.4 Å². The molecule has 5 rings (SSSR count). The highest BCUT2D eigenvalue weighted by Crippen LogP contribution is 2.27. The van der Waals surface area contributed by atoms with Crippen LogP contribution in [0.4, 0.5) is 11.5 Å². The average Bonchev–Trinajstić information content (AvgIpc) is 3.16. The second kappa shape index (κ2) is 6.14. The van der Waals surface area contributed by atoms with Crippen molar-refractivity contribution in [2.45, 2.75) is 6.92 Å². The number of pyridine rings is 2. The molecule has 0 saturated carbocycles. The molecule has 4 heterocycles. The number of nitrogens with one attached hydrogen (secondary N) is 2. The minimum absolute atomic E-state index is 0.581. The number of nitrogens with zero attached hydrogens (tertiary/aromatic N) is 5. The van der Waals surface area contributed by atoms with Gasteiger partial charge in [0.1, 0.15) is 11.5 Å². The molecule has 0 aliphatic rings. The molecular formula is C20H15N7. The lowest BCUT2D eigenvalue weighted by Gasteiger charge is -2.11. The summed E-state index contributed by atoms with van der Waals surface area (Å²) in [6.07, 6.45) is 3.50. The number of para-hydroxylation sites is 1. The van der Waals surface area contributed by atoms with E-state index < -0.39 is 0 Å². The van der Waals surface area contributed by atoms with E-state index in [4.69, 9.17) is 4.98 Å². The van der Waals surface area contributed by atoms with Crippen LogP contribution < -0.4 is 5.32 Å². The molecule has 0 amide bonds. The molecule has 2 N–H and O–H groups in total. The topological polar surface area (TPSA) is 92.3 Å². The highest BCUT2D eigenvalue weighted by Gasteiger charge is 2.11. The van der Waals surface area contributed by atoms with Crippen LogP contribution in [0.3, 0.4) is 0 Å². The Balaban J connectivity index is 1.65. The first kappa shape index (κ1) is 15.4. The molecular weight excluding hydrogens is 338 g/mol. The minimum Gasteiger partial charge on any atom is -0.338 e. The molecule has 0 unspecified atom stereocenters. The first-order valence-electron chi connectivity index (χ1n) is 8.53. The number of H-pyrrole nitrogens is 1. The summed E-state index contributed by atoms with van der Waals surface area (Å²) in [5.41, 5.74) is 4.10. The van der Waals surface area contributed by atoms with Gasteiger partial charge in [-0.15, -0.1) is 0 Å². The second-order valence-electron chi connectivity index (χ2n) is 6.23. The number of hydrogen-bond donors (Lipinski definition) is 2. The summed E-state index contributed by atoms with van der Waals surface area (Å²) >= 11 is 0. The normalized spacial score (nSPS) is 11.1. The Labute approximate surface area is 154 Å². The lowest BCUT2D eigenvalue weighted by atomic mass is 10.2. The number of fused-ring (bicyclic) bond motifs is 2. The van der Waals surface area contributed by atoms with Gasteiger partial charge in [-0.3, -0.25) is 5.10 Å². The summed E-state index contributed by atoms with van der Waals surface area (Å²) in [6, 6.07) is 15.7. The molecule has 0 radical (unpaired) electrons. The molecule has 0 spiro atoms. The van der Waals surface area contributed by atoms with Crippen LogP contribution in [0.15, 0.2) is 60.9 Å². The van der Waals surface area contributed by atoms with Crippen molar-refractivity contribution in [3.05, 3.63) is 66.6 Å². The van der Waals surface area contributed by atoms with Crippen LogP contribution in [0, 0.1) is 6.92 Å². The Morgan fingerprint density at radius 3 is 2.78 bits per heavy atom. The first-order chi connectivity index (χ1) is 13.3. The van der Waals surface area contributed by atoms with E-state index in [1.165, 1.54) is 0 Å². The molecule has 5 aromatic rings. The third-order valence-electron chi connectivity index (χ3n) is 4.27. The van der Waals surface area contributed by atoms with Crippen molar-refractivity contribution in [1.29, 1.82) is 0 Å². The van der Waals surface area contributed by atoms with Crippen LogP contribution in [-0.2, 0) is 0 Å². The number of hydrogen-bond acceptors (Lipinski definition) is 6. The minimum atomic E-state index is 0.581. The number of benzene rings is 1. The van der Waals surface area contributed by atoms with Crippen LogP contribution in [0.1, 0.15) is 5.69 Å². The fraction of sp³-hybridized carbons (Fsp3) is 0.0500. The van der Waals surface area contributed by atoms with Gasteiger partial charge in [0.05, 0.1) is 23.6 Å². The number of aromatic amines is 1. The maximum atomic E-state index is 4.74. The van der Waals surface area contributed by atoms with E-state index in [-0.39, 0.29) is 0 Å². The Hall–Kier alpha value is -3.87. The molecule has 0 atom stereocenters. The molecule has 7 heteroatoms. The predicted octanol–water partition coefficient (Wildman–Crippen LogP) is 4.02. The Morgan fingerprint density at radius 2 is 1.85 bits per heavy atom. The van der Waals surface area contributed by atoms with Crippen molar-refractivity contribution in [3.8, 4) is 11.5 Å². The van der Waals surface area contributed by atoms with Gasteiger partial charge in [0.2, 0.25) is 0 Å². The summed E-state index contributed by atoms with van der Waals surface area (Å²) in [6.45, 7) is 1.95. The van der Waals surface area contributed by atoms with Gasteiger partial charge in [-0.2, -0.15) is 5.10 Å². The van der Waals surface area contributed by atoms with Crippen LogP contribution in [0.2, 0.25) is 0 Å². The third kappa shape index (κ3) is 2.85. The highest BCUT2D eigenvalue weighted by atomic mass is 15.1. The van der Waals surface area contributed by atoms with Gasteiger partial charge in [0.15, 0.2) is 11.5 Å². The third-order valence-corrected chi connectivity index (χ3v) is 4.27. The lowest BCUT2D eigenvalue weighted by molar-refractivity contribution is 1.10. The Morgan fingerprint density at radius 1 is 0.926 bits per heavy atom. The van der Waals surface area contributed by atoms with Crippen LogP contribution in [0.25, 0.3) is 33.5 Å². The summed E-state index contributed by atoms with van der Waals surface area (Å²) in [5, 5.41) is 12.1. The fourth-order valence-corrected chi connectivity index (χ4v) is 3.00. The quantitative estimate of drug-likeness (QED) is 0.509. The number of aryl methyl sites for hydroxylation is 1. The van der Waals surface area contributed by atoms with Crippen molar-refractivity contribution in [2.75, 3.05) is 5.32 Å². The average molecular weight is 353 g/mol. The van der Waals surface area contributed by atoms with Crippen LogP contribution in [0.5, 0.6) is 0 Å². The van der Waals surface area contributed by atoms with E-state index >= 15 is 0 Å². The molecule has 7 nitrogen and oxygen atoms in total. The van der Waals surface area contributed by atoms with Crippen molar-refractivity contribution < 1.29 is 0 Å². The zero-order chi connectivity index (χ0) is 18.2. The van der Waals surface area contributed by atoms with Gasteiger partial charge in [-0.25, -0.2) is 19.9 Å². The summed E-state index contributed by atoms with van der Waals surface area (Å²) in [4.78, 5) is 18.4. The predicted molar refractivity (Wildman–Crippen MR) is 105 cm³/mol. The summed E-state index contributed by atoms with van der Waals surface area (Å²) < 4.78 is 0. The van der Waals surface area contributed by atoms with Crippen LogP contribution >= 0.6 is 0 Å². The van der Waals surface area contributed by atoms with Gasteiger partial charge in [-0.05, 0) is 37.3 Å². The van der Waals surface area contributed by atoms with E-state index in [9.17, 15) is 0 Å². The number of rotatable bonds is 3. The monoisotopic (exact) mass is 353 g/mol. The maximum absolute atomic E-state index is 4.74. The number of aromatic nitrogens is 6. The standard InChI is InChI=1S/C20H15N7/c1-12-5-4-8-17(23-12)20-25-16-7-3-2-6-15(16)19(26-20)24-14-9-13-10-22-27-18(13)21-11-14/h2-11H,1H3,(H,21,22,27)(H,24,25,26). The largest absolute Gasteiger partial charge is 0.338 e. The lowest BCUT2D eigenvalue weighted by Crippen LogP contribution is -2.01. The summed E-state index contributed by atoms with van der Waals surface area (Å²) in [5.74, 6) is 1.29. The van der Waals surface area contributed by atoms with Crippen molar-refractivity contribution in [2.24, 2.45) is 0 Å². The molecule has 0 fully saturated rings. The van der Waals surface area contributed by atoms with E-state index in [1.807, 2.05) is 55.5 Å². The van der Waals surface area contributed by atoms with E-state index in [0.29, 0.717) is 11.6 Å². The first-order valence-corrected chi connectivity index (χ1v) is 8.53. The van der Waals surface area contributed by atoms with E-state index in [1.54, 1.807) is 12.4 Å². The maximum Gasteiger partial charge on any atom is 0.180 e. The number of anilines is 2. The Bertz CT molecular complexity index is 1280.